The average Bonchev–Trinajstić information content (AvgIpc) is 3.22. The zero-order valence-corrected chi connectivity index (χ0v) is 21.5. The Balaban J connectivity index is 1.53. The van der Waals surface area contributed by atoms with Gasteiger partial charge in [-0.3, -0.25) is 14.4 Å². The third-order valence-corrected chi connectivity index (χ3v) is 8.15. The minimum Gasteiger partial charge on any atom is -0.396 e. The summed E-state index contributed by atoms with van der Waals surface area (Å²) in [5.74, 6) is -1.92. The Morgan fingerprint density at radius 2 is 1.76 bits per heavy atom. The molecule has 198 valence electrons. The summed E-state index contributed by atoms with van der Waals surface area (Å²) in [6.07, 6.45) is 11.0. The van der Waals surface area contributed by atoms with Gasteiger partial charge < -0.3 is 24.5 Å². The Labute approximate surface area is 218 Å². The van der Waals surface area contributed by atoms with E-state index in [4.69, 9.17) is 4.74 Å². The van der Waals surface area contributed by atoms with Gasteiger partial charge in [0.1, 0.15) is 11.6 Å². The van der Waals surface area contributed by atoms with Crippen LogP contribution < -0.4 is 4.90 Å². The van der Waals surface area contributed by atoms with Gasteiger partial charge in [-0.2, -0.15) is 0 Å². The third kappa shape index (κ3) is 4.40. The van der Waals surface area contributed by atoms with E-state index in [1.54, 1.807) is 9.80 Å². The van der Waals surface area contributed by atoms with Gasteiger partial charge in [-0.1, -0.05) is 55.8 Å². The molecule has 0 aliphatic carbocycles. The van der Waals surface area contributed by atoms with E-state index < -0.39 is 29.6 Å². The molecule has 0 aromatic heterocycles. The SMILES string of the molecule is CCCCN1CC=C[C@]23O[C@H]4C=CCN(c5ccccc5)C(=O)[C@H]4[C@H]2C(=O)N(CCCCCO)C3C1=O. The van der Waals surface area contributed by atoms with Crippen LogP contribution in [0, 0.1) is 11.8 Å². The second-order valence-corrected chi connectivity index (χ2v) is 10.4. The molecule has 1 aromatic rings. The molecule has 8 heteroatoms. The smallest absolute Gasteiger partial charge is 0.249 e. The highest BCUT2D eigenvalue weighted by Gasteiger charge is 2.71. The van der Waals surface area contributed by atoms with Crippen molar-refractivity contribution in [3.05, 3.63) is 54.6 Å². The van der Waals surface area contributed by atoms with Gasteiger partial charge in [0, 0.05) is 38.5 Å². The maximum Gasteiger partial charge on any atom is 0.249 e. The first-order chi connectivity index (χ1) is 18.0. The topological polar surface area (TPSA) is 90.4 Å². The minimum atomic E-state index is -1.18. The van der Waals surface area contributed by atoms with Gasteiger partial charge in [-0.25, -0.2) is 0 Å². The van der Waals surface area contributed by atoms with E-state index in [0.29, 0.717) is 39.0 Å². The van der Waals surface area contributed by atoms with E-state index in [2.05, 4.69) is 6.92 Å². The quantitative estimate of drug-likeness (QED) is 0.410. The predicted octanol–water partition coefficient (Wildman–Crippen LogP) is 2.53. The minimum absolute atomic E-state index is 0.0967. The van der Waals surface area contributed by atoms with Crippen molar-refractivity contribution < 1.29 is 24.2 Å². The number of hydrogen-bond acceptors (Lipinski definition) is 5. The number of nitrogens with zero attached hydrogens (tertiary/aromatic N) is 3. The number of ether oxygens (including phenoxy) is 1. The van der Waals surface area contributed by atoms with Gasteiger partial charge in [-0.15, -0.1) is 0 Å². The molecule has 0 radical (unpaired) electrons. The summed E-state index contributed by atoms with van der Waals surface area (Å²) in [5, 5.41) is 9.21. The lowest BCUT2D eigenvalue weighted by Gasteiger charge is -2.35. The van der Waals surface area contributed by atoms with Crippen LogP contribution in [-0.2, 0) is 19.1 Å². The summed E-state index contributed by atoms with van der Waals surface area (Å²) >= 11 is 0. The van der Waals surface area contributed by atoms with Crippen LogP contribution in [0.15, 0.2) is 54.6 Å². The van der Waals surface area contributed by atoms with Crippen molar-refractivity contribution in [1.82, 2.24) is 9.80 Å². The largest absolute Gasteiger partial charge is 0.396 e. The summed E-state index contributed by atoms with van der Waals surface area (Å²) in [6.45, 7) is 4.08. The van der Waals surface area contributed by atoms with E-state index in [1.807, 2.05) is 59.5 Å². The first-order valence-corrected chi connectivity index (χ1v) is 13.6. The zero-order chi connectivity index (χ0) is 26.0. The summed E-state index contributed by atoms with van der Waals surface area (Å²) in [6, 6.07) is 8.68. The van der Waals surface area contributed by atoms with Crippen LogP contribution in [0.4, 0.5) is 5.69 Å². The monoisotopic (exact) mass is 507 g/mol. The van der Waals surface area contributed by atoms with E-state index in [9.17, 15) is 19.5 Å². The van der Waals surface area contributed by atoms with Crippen LogP contribution in [0.3, 0.4) is 0 Å². The Kier molecular flexibility index (Phi) is 7.49. The fourth-order valence-corrected chi connectivity index (χ4v) is 6.38. The molecule has 3 amide bonds. The van der Waals surface area contributed by atoms with Crippen molar-refractivity contribution in [2.75, 3.05) is 37.7 Å². The molecule has 1 aromatic carbocycles. The second-order valence-electron chi connectivity index (χ2n) is 10.4. The van der Waals surface area contributed by atoms with E-state index in [0.717, 1.165) is 24.9 Å². The van der Waals surface area contributed by atoms with Crippen molar-refractivity contribution in [1.29, 1.82) is 0 Å². The van der Waals surface area contributed by atoms with Crippen LogP contribution in [-0.4, -0.2) is 83.2 Å². The molecule has 8 nitrogen and oxygen atoms in total. The highest BCUT2D eigenvalue weighted by molar-refractivity contribution is 6.03. The fourth-order valence-electron chi connectivity index (χ4n) is 6.38. The first kappa shape index (κ1) is 25.7. The molecule has 0 bridgehead atoms. The molecule has 2 fully saturated rings. The molecule has 37 heavy (non-hydrogen) atoms. The van der Waals surface area contributed by atoms with Gasteiger partial charge in [-0.05, 0) is 37.8 Å². The van der Waals surface area contributed by atoms with Crippen molar-refractivity contribution >= 4 is 23.4 Å². The number of hydrogen-bond donors (Lipinski definition) is 1. The molecule has 2 saturated heterocycles. The number of aliphatic hydroxyl groups excluding tert-OH is 1. The number of amides is 3. The Morgan fingerprint density at radius 3 is 2.51 bits per heavy atom. The number of carbonyl (C=O) groups is 3. The van der Waals surface area contributed by atoms with Gasteiger partial charge in [0.25, 0.3) is 0 Å². The number of unbranched alkanes of at least 4 members (excludes halogenated alkanes) is 3. The molecular weight excluding hydrogens is 470 g/mol. The second kappa shape index (κ2) is 10.8. The van der Waals surface area contributed by atoms with Gasteiger partial charge in [0.2, 0.25) is 17.7 Å². The Bertz CT molecular complexity index is 1070. The summed E-state index contributed by atoms with van der Waals surface area (Å²) in [5.41, 5.74) is -0.402. The van der Waals surface area contributed by atoms with Crippen molar-refractivity contribution in [3.63, 3.8) is 0 Å². The molecule has 4 heterocycles. The number of para-hydroxylation sites is 1. The number of rotatable bonds is 9. The van der Waals surface area contributed by atoms with Crippen LogP contribution in [0.1, 0.15) is 39.0 Å². The van der Waals surface area contributed by atoms with Gasteiger partial charge in [0.15, 0.2) is 0 Å². The number of aliphatic hydroxyl groups is 1. The molecule has 1 spiro atoms. The van der Waals surface area contributed by atoms with Gasteiger partial charge >= 0.3 is 0 Å². The highest BCUT2D eigenvalue weighted by Crippen LogP contribution is 2.53. The van der Waals surface area contributed by atoms with Crippen LogP contribution >= 0.6 is 0 Å². The third-order valence-electron chi connectivity index (χ3n) is 8.15. The molecule has 5 rings (SSSR count). The molecule has 1 unspecified atom stereocenters. The lowest BCUT2D eigenvalue weighted by molar-refractivity contribution is -0.147. The number of anilines is 1. The van der Waals surface area contributed by atoms with E-state index >= 15 is 0 Å². The average molecular weight is 508 g/mol. The normalized spacial score (nSPS) is 30.9. The summed E-state index contributed by atoms with van der Waals surface area (Å²) < 4.78 is 6.68. The van der Waals surface area contributed by atoms with Crippen molar-refractivity contribution in [2.45, 2.75) is 56.8 Å². The molecule has 4 aliphatic rings. The Morgan fingerprint density at radius 1 is 0.946 bits per heavy atom. The number of fused-ring (bicyclic) bond motifs is 2. The van der Waals surface area contributed by atoms with Crippen LogP contribution in [0.5, 0.6) is 0 Å². The lowest BCUT2D eigenvalue weighted by Crippen LogP contribution is -2.55. The fraction of sp³-hybridized carbons (Fsp3) is 0.552. The number of carbonyl (C=O) groups excluding carboxylic acids is 3. The lowest BCUT2D eigenvalue weighted by atomic mass is 9.77. The number of likely N-dealkylation sites (tertiary alicyclic amines) is 1. The van der Waals surface area contributed by atoms with Crippen LogP contribution in [0.25, 0.3) is 0 Å². The van der Waals surface area contributed by atoms with Crippen LogP contribution in [0.2, 0.25) is 0 Å². The zero-order valence-electron chi connectivity index (χ0n) is 21.5. The first-order valence-electron chi connectivity index (χ1n) is 13.6. The van der Waals surface area contributed by atoms with Gasteiger partial charge in [0.05, 0.1) is 17.9 Å². The predicted molar refractivity (Wildman–Crippen MR) is 140 cm³/mol. The maximum atomic E-state index is 14.1. The number of benzene rings is 1. The molecule has 0 saturated carbocycles. The highest BCUT2D eigenvalue weighted by atomic mass is 16.5. The maximum absolute atomic E-state index is 14.1. The van der Waals surface area contributed by atoms with Crippen molar-refractivity contribution in [2.24, 2.45) is 11.8 Å². The van der Waals surface area contributed by atoms with Crippen molar-refractivity contribution in [3.8, 4) is 0 Å². The molecular formula is C29H37N3O5. The van der Waals surface area contributed by atoms with E-state index in [-0.39, 0.29) is 24.3 Å². The summed E-state index contributed by atoms with van der Waals surface area (Å²) in [7, 11) is 0. The summed E-state index contributed by atoms with van der Waals surface area (Å²) in [4.78, 5) is 47.4. The molecule has 1 N–H and O–H groups in total. The standard InChI is InChI=1S/C29H37N3O5/c1-2-3-16-30-17-11-15-29-24(27(35)32(25(29)28(30)36)18-8-5-9-20-33)23-22(37-29)14-10-19-31(26(23)34)21-12-6-4-7-13-21/h4,6-7,10-15,22-25,33H,2-3,5,8-9,16-20H2,1H3/t22-,23+,24-,25?,29-/m0/s1. The molecule has 4 aliphatic heterocycles. The van der Waals surface area contributed by atoms with E-state index in [1.165, 1.54) is 0 Å². The Hall–Kier alpha value is -2.97. The molecule has 5 atom stereocenters.